The molecule has 0 saturated carbocycles. The lowest BCUT2D eigenvalue weighted by Gasteiger charge is -2.26. The molecule has 0 fully saturated rings. The second kappa shape index (κ2) is 5.84. The first-order chi connectivity index (χ1) is 10.6. The molecule has 1 aromatic carbocycles. The average Bonchev–Trinajstić information content (AvgIpc) is 2.53. The van der Waals surface area contributed by atoms with Crippen molar-refractivity contribution in [2.45, 2.75) is 13.0 Å². The van der Waals surface area contributed by atoms with Gasteiger partial charge in [0.15, 0.2) is 5.82 Å². The molecule has 0 saturated heterocycles. The number of ether oxygens (including phenoxy) is 1. The molecule has 0 bridgehead atoms. The molecule has 1 aromatic heterocycles. The van der Waals surface area contributed by atoms with Crippen molar-refractivity contribution < 1.29 is 14.3 Å². The molecule has 112 valence electrons. The van der Waals surface area contributed by atoms with E-state index in [1.54, 1.807) is 19.2 Å². The van der Waals surface area contributed by atoms with Crippen LogP contribution >= 0.6 is 15.9 Å². The van der Waals surface area contributed by atoms with Crippen molar-refractivity contribution in [2.75, 3.05) is 12.0 Å². The highest BCUT2D eigenvalue weighted by Crippen LogP contribution is 2.26. The molecule has 1 amide bonds. The number of aromatic nitrogens is 2. The molecule has 0 N–H and O–H groups in total. The van der Waals surface area contributed by atoms with E-state index >= 15 is 0 Å². The summed E-state index contributed by atoms with van der Waals surface area (Å²) in [7, 11) is 1.59. The smallest absolute Gasteiger partial charge is 0.296 e. The van der Waals surface area contributed by atoms with Crippen LogP contribution in [-0.4, -0.2) is 28.8 Å². The highest BCUT2D eigenvalue weighted by atomic mass is 79.9. The largest absolute Gasteiger partial charge is 0.497 e. The second-order valence-electron chi connectivity index (χ2n) is 4.80. The zero-order valence-corrected chi connectivity index (χ0v) is 13.3. The normalized spacial score (nSPS) is 14.0. The molecule has 22 heavy (non-hydrogen) atoms. The summed E-state index contributed by atoms with van der Waals surface area (Å²) < 4.78 is 5.63. The Morgan fingerprint density at radius 2 is 2.00 bits per heavy atom. The molecular formula is C15H12BrN3O3. The minimum absolute atomic E-state index is 0.00639. The topological polar surface area (TPSA) is 72.4 Å². The summed E-state index contributed by atoms with van der Waals surface area (Å²) >= 11 is 3.24. The van der Waals surface area contributed by atoms with Gasteiger partial charge in [-0.25, -0.2) is 4.98 Å². The zero-order valence-electron chi connectivity index (χ0n) is 11.7. The van der Waals surface area contributed by atoms with Gasteiger partial charge in [-0.3, -0.25) is 19.5 Å². The number of anilines is 1. The van der Waals surface area contributed by atoms with Crippen molar-refractivity contribution in [3.05, 3.63) is 46.3 Å². The van der Waals surface area contributed by atoms with Gasteiger partial charge in [0.1, 0.15) is 10.4 Å². The van der Waals surface area contributed by atoms with E-state index in [2.05, 4.69) is 25.9 Å². The van der Waals surface area contributed by atoms with E-state index in [0.29, 0.717) is 16.1 Å². The molecule has 0 aliphatic carbocycles. The number of nitrogens with zero attached hydrogens (tertiary/aromatic N) is 3. The standard InChI is InChI=1S/C15H12BrN3O3/c1-22-10-4-2-9(3-5-10)8-19-14-11(6-12(20)15(19)21)17-7-13(16)18-14/h2-5,7H,6,8H2,1H3. The lowest BCUT2D eigenvalue weighted by molar-refractivity contribution is -0.136. The molecule has 2 heterocycles. The maximum Gasteiger partial charge on any atom is 0.296 e. The Morgan fingerprint density at radius 1 is 1.27 bits per heavy atom. The molecule has 6 nitrogen and oxygen atoms in total. The van der Waals surface area contributed by atoms with Crippen LogP contribution in [0.25, 0.3) is 0 Å². The van der Waals surface area contributed by atoms with Gasteiger partial charge in [0.25, 0.3) is 5.91 Å². The minimum atomic E-state index is -0.560. The van der Waals surface area contributed by atoms with E-state index in [1.165, 1.54) is 11.1 Å². The first-order valence-electron chi connectivity index (χ1n) is 6.57. The quantitative estimate of drug-likeness (QED) is 0.780. The molecule has 1 aliphatic heterocycles. The van der Waals surface area contributed by atoms with Gasteiger partial charge in [-0.15, -0.1) is 0 Å². The lowest BCUT2D eigenvalue weighted by Crippen LogP contribution is -2.42. The third-order valence-corrected chi connectivity index (χ3v) is 3.75. The van der Waals surface area contributed by atoms with Crippen molar-refractivity contribution in [3.8, 4) is 5.75 Å². The van der Waals surface area contributed by atoms with Gasteiger partial charge < -0.3 is 4.74 Å². The van der Waals surface area contributed by atoms with Crippen LogP contribution in [0.3, 0.4) is 0 Å². The van der Waals surface area contributed by atoms with Crippen molar-refractivity contribution in [2.24, 2.45) is 0 Å². The van der Waals surface area contributed by atoms with Gasteiger partial charge in [-0.2, -0.15) is 0 Å². The molecule has 7 heteroatoms. The Kier molecular flexibility index (Phi) is 3.89. The van der Waals surface area contributed by atoms with Gasteiger partial charge in [0.2, 0.25) is 5.78 Å². The number of methoxy groups -OCH3 is 1. The summed E-state index contributed by atoms with van der Waals surface area (Å²) in [5.41, 5.74) is 1.39. The van der Waals surface area contributed by atoms with Crippen LogP contribution < -0.4 is 9.64 Å². The second-order valence-corrected chi connectivity index (χ2v) is 5.61. The van der Waals surface area contributed by atoms with Crippen LogP contribution in [-0.2, 0) is 22.6 Å². The number of fused-ring (bicyclic) bond motifs is 1. The average molecular weight is 362 g/mol. The Bertz CT molecular complexity index is 746. The van der Waals surface area contributed by atoms with Gasteiger partial charge in [0.05, 0.1) is 32.0 Å². The van der Waals surface area contributed by atoms with Crippen molar-refractivity contribution >= 4 is 33.4 Å². The number of halogens is 1. The SMILES string of the molecule is COc1ccc(CN2C(=O)C(=O)Cc3ncc(Br)nc32)cc1. The Hall–Kier alpha value is -2.28. The fourth-order valence-corrected chi connectivity index (χ4v) is 2.53. The zero-order chi connectivity index (χ0) is 15.7. The third-order valence-electron chi connectivity index (χ3n) is 3.36. The molecule has 3 rings (SSSR count). The summed E-state index contributed by atoms with van der Waals surface area (Å²) in [5, 5.41) is 0. The van der Waals surface area contributed by atoms with Gasteiger partial charge >= 0.3 is 0 Å². The van der Waals surface area contributed by atoms with Gasteiger partial charge in [-0.1, -0.05) is 12.1 Å². The van der Waals surface area contributed by atoms with E-state index in [9.17, 15) is 9.59 Å². The number of amides is 1. The molecule has 2 aromatic rings. The van der Waals surface area contributed by atoms with Crippen LogP contribution in [0.2, 0.25) is 0 Å². The highest BCUT2D eigenvalue weighted by Gasteiger charge is 2.33. The van der Waals surface area contributed by atoms with Crippen molar-refractivity contribution in [3.63, 3.8) is 0 Å². The summed E-state index contributed by atoms with van der Waals surface area (Å²) in [4.78, 5) is 33.9. The number of ketones is 1. The molecule has 0 atom stereocenters. The van der Waals surface area contributed by atoms with Crippen LogP contribution in [0.15, 0.2) is 35.1 Å². The van der Waals surface area contributed by atoms with E-state index in [1.807, 2.05) is 12.1 Å². The highest BCUT2D eigenvalue weighted by molar-refractivity contribution is 9.10. The van der Waals surface area contributed by atoms with E-state index in [4.69, 9.17) is 4.74 Å². The Labute approximate surface area is 135 Å². The minimum Gasteiger partial charge on any atom is -0.497 e. The van der Waals surface area contributed by atoms with Crippen LogP contribution in [0, 0.1) is 0 Å². The predicted octanol–water partition coefficient (Wildman–Crippen LogP) is 1.91. The number of carbonyl (C=O) groups is 2. The lowest BCUT2D eigenvalue weighted by atomic mass is 10.1. The third kappa shape index (κ3) is 2.71. The fraction of sp³-hybridized carbons (Fsp3) is 0.200. The number of benzene rings is 1. The van der Waals surface area contributed by atoms with E-state index in [0.717, 1.165) is 11.3 Å². The summed E-state index contributed by atoms with van der Waals surface area (Å²) in [6, 6.07) is 7.30. The van der Waals surface area contributed by atoms with E-state index < -0.39 is 11.7 Å². The number of rotatable bonds is 3. The summed E-state index contributed by atoms with van der Waals surface area (Å²) in [6.45, 7) is 0.257. The number of carbonyl (C=O) groups excluding carboxylic acids is 2. The molecule has 1 aliphatic rings. The van der Waals surface area contributed by atoms with Crippen LogP contribution in [0.5, 0.6) is 5.75 Å². The predicted molar refractivity (Wildman–Crippen MR) is 82.6 cm³/mol. The van der Waals surface area contributed by atoms with E-state index in [-0.39, 0.29) is 13.0 Å². The molecule has 0 unspecified atom stereocenters. The Morgan fingerprint density at radius 3 is 2.68 bits per heavy atom. The Balaban J connectivity index is 1.95. The summed E-state index contributed by atoms with van der Waals surface area (Å²) in [6.07, 6.45) is 1.51. The van der Waals surface area contributed by atoms with Crippen molar-refractivity contribution in [1.82, 2.24) is 9.97 Å². The van der Waals surface area contributed by atoms with Gasteiger partial charge in [-0.05, 0) is 33.6 Å². The molecular weight excluding hydrogens is 350 g/mol. The fourth-order valence-electron chi connectivity index (χ4n) is 2.26. The monoisotopic (exact) mass is 361 g/mol. The molecule has 0 radical (unpaired) electrons. The number of Topliss-reactive ketones (excluding diaryl/α,β-unsaturated/α-hetero) is 1. The van der Waals surface area contributed by atoms with Crippen molar-refractivity contribution in [1.29, 1.82) is 0 Å². The maximum absolute atomic E-state index is 12.2. The van der Waals surface area contributed by atoms with Gasteiger partial charge in [0, 0.05) is 0 Å². The first-order valence-corrected chi connectivity index (χ1v) is 7.37. The van der Waals surface area contributed by atoms with Crippen LogP contribution in [0.4, 0.5) is 5.82 Å². The number of hydrogen-bond donors (Lipinski definition) is 0. The number of hydrogen-bond acceptors (Lipinski definition) is 5. The van der Waals surface area contributed by atoms with Crippen LogP contribution in [0.1, 0.15) is 11.3 Å². The summed E-state index contributed by atoms with van der Waals surface area (Å²) in [5.74, 6) is 0.121. The molecule has 0 spiro atoms. The maximum atomic E-state index is 12.2. The first kappa shape index (κ1) is 14.6.